The van der Waals surface area contributed by atoms with E-state index in [0.717, 1.165) is 5.70 Å². The number of hydrogen-bond acceptors (Lipinski definition) is 2. The van der Waals surface area contributed by atoms with Crippen molar-refractivity contribution in [1.82, 2.24) is 4.90 Å². The summed E-state index contributed by atoms with van der Waals surface area (Å²) in [7, 11) is 1.98. The van der Waals surface area contributed by atoms with Gasteiger partial charge in [0.2, 0.25) is 0 Å². The van der Waals surface area contributed by atoms with E-state index in [1.165, 1.54) is 0 Å². The molecular weight excluding hydrogens is 102 g/mol. The highest BCUT2D eigenvalue weighted by molar-refractivity contribution is 5.01. The van der Waals surface area contributed by atoms with Gasteiger partial charge in [-0.05, 0) is 6.92 Å². The van der Waals surface area contributed by atoms with E-state index in [9.17, 15) is 0 Å². The topological polar surface area (TPSA) is 12.5 Å². The normalized spacial score (nSPS) is 17.8. The summed E-state index contributed by atoms with van der Waals surface area (Å²) in [5, 5.41) is 0. The lowest BCUT2D eigenvalue weighted by Gasteiger charge is -2.16. The van der Waals surface area contributed by atoms with E-state index in [1.807, 2.05) is 25.1 Å². The van der Waals surface area contributed by atoms with Crippen molar-refractivity contribution in [2.45, 2.75) is 6.92 Å². The summed E-state index contributed by atoms with van der Waals surface area (Å²) in [5.41, 5.74) is 1.12. The average Bonchev–Trinajstić information content (AvgIpc) is 1.77. The van der Waals surface area contributed by atoms with Gasteiger partial charge in [0.1, 0.15) is 12.5 Å². The van der Waals surface area contributed by atoms with Crippen LogP contribution < -0.4 is 0 Å². The van der Waals surface area contributed by atoms with Gasteiger partial charge in [-0.3, -0.25) is 0 Å². The third kappa shape index (κ3) is 0.832. The summed E-state index contributed by atoms with van der Waals surface area (Å²) < 4.78 is 4.87. The number of nitrogens with zero attached hydrogens (tertiary/aromatic N) is 1. The Hall–Kier alpha value is -0.920. The van der Waals surface area contributed by atoms with Crippen LogP contribution in [0.4, 0.5) is 0 Å². The van der Waals surface area contributed by atoms with Crippen molar-refractivity contribution in [2.75, 3.05) is 7.05 Å². The van der Waals surface area contributed by atoms with E-state index in [-0.39, 0.29) is 0 Å². The van der Waals surface area contributed by atoms with E-state index >= 15 is 0 Å². The van der Waals surface area contributed by atoms with E-state index in [1.54, 1.807) is 12.5 Å². The Morgan fingerprint density at radius 3 is 2.75 bits per heavy atom. The Balaban J connectivity index is 2.63. The molecule has 1 rings (SSSR count). The summed E-state index contributed by atoms with van der Waals surface area (Å²) in [5.74, 6) is 0. The molecule has 0 aromatic carbocycles. The molecule has 2 nitrogen and oxygen atoms in total. The molecule has 0 saturated carbocycles. The zero-order valence-corrected chi connectivity index (χ0v) is 5.09. The van der Waals surface area contributed by atoms with Gasteiger partial charge in [-0.1, -0.05) is 0 Å². The minimum atomic E-state index is 1.12. The van der Waals surface area contributed by atoms with Gasteiger partial charge in [-0.2, -0.15) is 0 Å². The molecule has 0 saturated heterocycles. The van der Waals surface area contributed by atoms with Gasteiger partial charge in [0.15, 0.2) is 0 Å². The summed E-state index contributed by atoms with van der Waals surface area (Å²) in [6, 6.07) is 0. The van der Waals surface area contributed by atoms with Crippen molar-refractivity contribution in [3.63, 3.8) is 0 Å². The largest absolute Gasteiger partial charge is 0.469 e. The Morgan fingerprint density at radius 2 is 2.38 bits per heavy atom. The zero-order valence-electron chi connectivity index (χ0n) is 5.09. The molecule has 0 aliphatic carbocycles. The van der Waals surface area contributed by atoms with Crippen LogP contribution in [0.25, 0.3) is 0 Å². The van der Waals surface area contributed by atoms with Crippen LogP contribution in [0.2, 0.25) is 0 Å². The molecule has 0 aromatic heterocycles. The standard InChI is InChI=1S/C6H9NO/c1-6-5-8-4-3-7(6)2/h3-5H,1-2H3. The summed E-state index contributed by atoms with van der Waals surface area (Å²) in [4.78, 5) is 1.99. The van der Waals surface area contributed by atoms with Gasteiger partial charge in [0, 0.05) is 18.9 Å². The molecule has 0 atom stereocenters. The average molecular weight is 111 g/mol. The first-order valence-electron chi connectivity index (χ1n) is 2.52. The maximum atomic E-state index is 4.87. The molecule has 0 fully saturated rings. The molecule has 44 valence electrons. The molecule has 0 amide bonds. The smallest absolute Gasteiger partial charge is 0.109 e. The fourth-order valence-electron chi connectivity index (χ4n) is 0.465. The second-order valence-corrected chi connectivity index (χ2v) is 1.79. The van der Waals surface area contributed by atoms with Gasteiger partial charge in [-0.25, -0.2) is 0 Å². The lowest BCUT2D eigenvalue weighted by Crippen LogP contribution is -2.09. The Labute approximate surface area is 49.1 Å². The minimum absolute atomic E-state index is 1.12. The Kier molecular flexibility index (Phi) is 1.24. The summed E-state index contributed by atoms with van der Waals surface area (Å²) in [6.07, 6.45) is 5.22. The number of allylic oxidation sites excluding steroid dienone is 1. The lowest BCUT2D eigenvalue weighted by molar-refractivity contribution is 0.345. The number of ether oxygens (including phenoxy) is 1. The Bertz CT molecular complexity index is 137. The quantitative estimate of drug-likeness (QED) is 0.467. The van der Waals surface area contributed by atoms with Gasteiger partial charge in [0.25, 0.3) is 0 Å². The third-order valence-electron chi connectivity index (χ3n) is 1.16. The predicted molar refractivity (Wildman–Crippen MR) is 31.7 cm³/mol. The lowest BCUT2D eigenvalue weighted by atomic mass is 10.5. The highest BCUT2D eigenvalue weighted by Gasteiger charge is 1.96. The molecule has 0 aromatic rings. The molecule has 8 heavy (non-hydrogen) atoms. The first-order valence-corrected chi connectivity index (χ1v) is 2.52. The van der Waals surface area contributed by atoms with Gasteiger partial charge < -0.3 is 9.64 Å². The third-order valence-corrected chi connectivity index (χ3v) is 1.16. The molecular formula is C6H9NO. The maximum Gasteiger partial charge on any atom is 0.109 e. The van der Waals surface area contributed by atoms with Crippen molar-refractivity contribution in [1.29, 1.82) is 0 Å². The van der Waals surface area contributed by atoms with Gasteiger partial charge in [0.05, 0.1) is 0 Å². The second kappa shape index (κ2) is 1.90. The molecule has 1 heterocycles. The number of hydrogen-bond donors (Lipinski definition) is 0. The molecule has 0 spiro atoms. The highest BCUT2D eigenvalue weighted by atomic mass is 16.5. The molecule has 0 bridgehead atoms. The Morgan fingerprint density at radius 1 is 1.62 bits per heavy atom. The summed E-state index contributed by atoms with van der Waals surface area (Å²) in [6.45, 7) is 1.99. The van der Waals surface area contributed by atoms with Crippen molar-refractivity contribution < 1.29 is 4.74 Å². The first kappa shape index (κ1) is 5.22. The summed E-state index contributed by atoms with van der Waals surface area (Å²) >= 11 is 0. The number of rotatable bonds is 0. The van der Waals surface area contributed by atoms with Gasteiger partial charge >= 0.3 is 0 Å². The van der Waals surface area contributed by atoms with Crippen LogP contribution in [0.1, 0.15) is 6.92 Å². The van der Waals surface area contributed by atoms with Crippen LogP contribution in [-0.2, 0) is 4.74 Å². The van der Waals surface area contributed by atoms with Crippen molar-refractivity contribution in [3.05, 3.63) is 24.4 Å². The van der Waals surface area contributed by atoms with Crippen molar-refractivity contribution in [3.8, 4) is 0 Å². The van der Waals surface area contributed by atoms with Crippen molar-refractivity contribution >= 4 is 0 Å². The SMILES string of the molecule is CC1=COC=CN1C. The predicted octanol–water partition coefficient (Wildman–Crippen LogP) is 1.28. The molecule has 1 aliphatic rings. The molecule has 0 radical (unpaired) electrons. The van der Waals surface area contributed by atoms with E-state index in [0.29, 0.717) is 0 Å². The second-order valence-electron chi connectivity index (χ2n) is 1.79. The molecule has 1 aliphatic heterocycles. The van der Waals surface area contributed by atoms with Crippen LogP contribution in [0.5, 0.6) is 0 Å². The van der Waals surface area contributed by atoms with Crippen LogP contribution in [0.3, 0.4) is 0 Å². The van der Waals surface area contributed by atoms with Crippen LogP contribution in [0.15, 0.2) is 24.4 Å². The van der Waals surface area contributed by atoms with Crippen LogP contribution in [-0.4, -0.2) is 11.9 Å². The van der Waals surface area contributed by atoms with E-state index < -0.39 is 0 Å². The fourth-order valence-corrected chi connectivity index (χ4v) is 0.465. The first-order chi connectivity index (χ1) is 3.80. The van der Waals surface area contributed by atoms with E-state index in [2.05, 4.69) is 0 Å². The molecule has 2 heteroatoms. The monoisotopic (exact) mass is 111 g/mol. The van der Waals surface area contributed by atoms with Crippen LogP contribution in [0, 0.1) is 0 Å². The fraction of sp³-hybridized carbons (Fsp3) is 0.333. The molecule has 0 N–H and O–H groups in total. The molecule has 0 unspecified atom stereocenters. The highest BCUT2D eigenvalue weighted by Crippen LogP contribution is 2.05. The maximum absolute atomic E-state index is 4.87. The van der Waals surface area contributed by atoms with Crippen molar-refractivity contribution in [2.24, 2.45) is 0 Å². The zero-order chi connectivity index (χ0) is 5.98. The van der Waals surface area contributed by atoms with E-state index in [4.69, 9.17) is 4.74 Å². The van der Waals surface area contributed by atoms with Crippen LogP contribution >= 0.6 is 0 Å². The van der Waals surface area contributed by atoms with Gasteiger partial charge in [-0.15, -0.1) is 0 Å². The minimum Gasteiger partial charge on any atom is -0.469 e.